The molecule has 3 aromatic heterocycles. The Morgan fingerprint density at radius 3 is 2.77 bits per heavy atom. The lowest BCUT2D eigenvalue weighted by molar-refractivity contribution is 0.0958. The predicted molar refractivity (Wildman–Crippen MR) is 116 cm³/mol. The van der Waals surface area contributed by atoms with Crippen molar-refractivity contribution in [3.63, 3.8) is 0 Å². The van der Waals surface area contributed by atoms with Gasteiger partial charge in [-0.3, -0.25) is 9.78 Å². The average Bonchev–Trinajstić information content (AvgIpc) is 3.40. The predicted octanol–water partition coefficient (Wildman–Crippen LogP) is 4.16. The van der Waals surface area contributed by atoms with Gasteiger partial charge in [0.25, 0.3) is 0 Å². The third kappa shape index (κ3) is 3.50. The standard InChI is InChI=1S/C24H23N5O/c25-20-8-4-7-17(20)14-23(30)18-9-11-26-22(13-18)19-15-27-29-12-10-21(28-24(19)29)16-5-2-1-3-6-16/h1-3,5-6,9-13,15,17,20H,4,7-8,14,25H2/t17-,20+/m1/s1. The minimum atomic E-state index is 0.121. The Hall–Kier alpha value is -3.38. The molecule has 1 aliphatic rings. The van der Waals surface area contributed by atoms with Crippen molar-refractivity contribution >= 4 is 11.4 Å². The number of Topliss-reactive ketones (excluding diaryl/α,β-unsaturated/α-hetero) is 1. The fraction of sp³-hybridized carbons (Fsp3) is 0.250. The number of carbonyl (C=O) groups is 1. The molecule has 150 valence electrons. The molecule has 0 bridgehead atoms. The van der Waals surface area contributed by atoms with Crippen molar-refractivity contribution in [1.29, 1.82) is 0 Å². The van der Waals surface area contributed by atoms with Gasteiger partial charge in [-0.2, -0.15) is 5.10 Å². The maximum absolute atomic E-state index is 12.9. The Balaban J connectivity index is 1.48. The molecule has 4 aromatic rings. The zero-order chi connectivity index (χ0) is 20.5. The molecule has 0 saturated heterocycles. The van der Waals surface area contributed by atoms with Gasteiger partial charge >= 0.3 is 0 Å². The second-order valence-electron chi connectivity index (χ2n) is 7.92. The van der Waals surface area contributed by atoms with Crippen LogP contribution in [0.2, 0.25) is 0 Å². The molecule has 0 radical (unpaired) electrons. The molecule has 0 unspecified atom stereocenters. The fourth-order valence-electron chi connectivity index (χ4n) is 4.25. The Kier molecular flexibility index (Phi) is 4.85. The van der Waals surface area contributed by atoms with Crippen molar-refractivity contribution < 1.29 is 4.79 Å². The molecule has 0 aliphatic heterocycles. The van der Waals surface area contributed by atoms with Crippen LogP contribution in [0.4, 0.5) is 0 Å². The fourth-order valence-corrected chi connectivity index (χ4v) is 4.25. The number of benzene rings is 1. The number of fused-ring (bicyclic) bond motifs is 1. The molecule has 1 fully saturated rings. The molecule has 6 nitrogen and oxygen atoms in total. The van der Waals surface area contributed by atoms with E-state index in [-0.39, 0.29) is 17.7 Å². The molecule has 2 atom stereocenters. The third-order valence-electron chi connectivity index (χ3n) is 5.96. The van der Waals surface area contributed by atoms with E-state index in [1.165, 1.54) is 0 Å². The van der Waals surface area contributed by atoms with Crippen LogP contribution in [0, 0.1) is 5.92 Å². The first kappa shape index (κ1) is 18.6. The van der Waals surface area contributed by atoms with Crippen LogP contribution in [0.25, 0.3) is 28.2 Å². The van der Waals surface area contributed by atoms with Crippen LogP contribution in [0.15, 0.2) is 67.1 Å². The summed E-state index contributed by atoms with van der Waals surface area (Å²) in [7, 11) is 0. The lowest BCUT2D eigenvalue weighted by Crippen LogP contribution is -2.26. The summed E-state index contributed by atoms with van der Waals surface area (Å²) >= 11 is 0. The monoisotopic (exact) mass is 397 g/mol. The number of carbonyl (C=O) groups excluding carboxylic acids is 1. The lowest BCUT2D eigenvalue weighted by Gasteiger charge is -2.14. The van der Waals surface area contributed by atoms with Crippen LogP contribution in [-0.4, -0.2) is 31.4 Å². The normalized spacial score (nSPS) is 18.7. The first-order valence-electron chi connectivity index (χ1n) is 10.3. The maximum atomic E-state index is 12.9. The summed E-state index contributed by atoms with van der Waals surface area (Å²) in [6.07, 6.45) is 8.98. The smallest absolute Gasteiger partial charge is 0.164 e. The Bertz CT molecular complexity index is 1200. The number of ketones is 1. The first-order valence-corrected chi connectivity index (χ1v) is 10.3. The highest BCUT2D eigenvalue weighted by Crippen LogP contribution is 2.29. The van der Waals surface area contributed by atoms with Crippen molar-refractivity contribution in [3.05, 3.63) is 72.7 Å². The van der Waals surface area contributed by atoms with Crippen LogP contribution in [0.1, 0.15) is 36.0 Å². The minimum absolute atomic E-state index is 0.121. The van der Waals surface area contributed by atoms with Gasteiger partial charge in [-0.05, 0) is 37.0 Å². The van der Waals surface area contributed by atoms with E-state index in [4.69, 9.17) is 10.7 Å². The minimum Gasteiger partial charge on any atom is -0.327 e. The van der Waals surface area contributed by atoms with Gasteiger partial charge in [-0.25, -0.2) is 9.50 Å². The SMILES string of the molecule is N[C@H]1CCC[C@@H]1CC(=O)c1ccnc(-c2cnn3ccc(-c4ccccc4)nc23)c1. The van der Waals surface area contributed by atoms with Crippen LogP contribution in [0.3, 0.4) is 0 Å². The van der Waals surface area contributed by atoms with E-state index in [9.17, 15) is 4.79 Å². The molecule has 1 aliphatic carbocycles. The Labute approximate surface area is 174 Å². The largest absolute Gasteiger partial charge is 0.327 e. The average molecular weight is 397 g/mol. The van der Waals surface area contributed by atoms with E-state index in [1.54, 1.807) is 23.0 Å². The summed E-state index contributed by atoms with van der Waals surface area (Å²) in [5, 5.41) is 4.41. The van der Waals surface area contributed by atoms with Crippen LogP contribution in [0.5, 0.6) is 0 Å². The molecular weight excluding hydrogens is 374 g/mol. The highest BCUT2D eigenvalue weighted by molar-refractivity contribution is 5.97. The van der Waals surface area contributed by atoms with Crippen molar-refractivity contribution in [2.75, 3.05) is 0 Å². The van der Waals surface area contributed by atoms with Gasteiger partial charge < -0.3 is 5.73 Å². The summed E-state index contributed by atoms with van der Waals surface area (Å²) in [4.78, 5) is 22.2. The van der Waals surface area contributed by atoms with Crippen LogP contribution >= 0.6 is 0 Å². The molecule has 1 saturated carbocycles. The molecule has 0 amide bonds. The molecule has 1 aromatic carbocycles. The van der Waals surface area contributed by atoms with Crippen LogP contribution in [-0.2, 0) is 0 Å². The molecular formula is C24H23N5O. The molecule has 3 heterocycles. The van der Waals surface area contributed by atoms with Gasteiger partial charge in [0, 0.05) is 36.0 Å². The van der Waals surface area contributed by atoms with E-state index in [2.05, 4.69) is 10.1 Å². The number of nitrogens with zero attached hydrogens (tertiary/aromatic N) is 4. The second-order valence-corrected chi connectivity index (χ2v) is 7.92. The first-order chi connectivity index (χ1) is 14.7. The van der Waals surface area contributed by atoms with Gasteiger partial charge in [0.1, 0.15) is 0 Å². The number of nitrogens with two attached hydrogens (primary N) is 1. The summed E-state index contributed by atoms with van der Waals surface area (Å²) < 4.78 is 1.73. The quantitative estimate of drug-likeness (QED) is 0.511. The maximum Gasteiger partial charge on any atom is 0.164 e. The van der Waals surface area contributed by atoms with E-state index < -0.39 is 0 Å². The van der Waals surface area contributed by atoms with E-state index in [1.807, 2.05) is 48.7 Å². The van der Waals surface area contributed by atoms with Crippen molar-refractivity contribution in [2.45, 2.75) is 31.7 Å². The zero-order valence-corrected chi connectivity index (χ0v) is 16.6. The van der Waals surface area contributed by atoms with E-state index >= 15 is 0 Å². The van der Waals surface area contributed by atoms with Crippen molar-refractivity contribution in [3.8, 4) is 22.5 Å². The number of aromatic nitrogens is 4. The second kappa shape index (κ2) is 7.80. The van der Waals surface area contributed by atoms with Gasteiger partial charge in [0.2, 0.25) is 0 Å². The summed E-state index contributed by atoms with van der Waals surface area (Å²) in [5.41, 5.74) is 10.9. The van der Waals surface area contributed by atoms with E-state index in [0.717, 1.165) is 36.1 Å². The Morgan fingerprint density at radius 2 is 1.97 bits per heavy atom. The highest BCUT2D eigenvalue weighted by atomic mass is 16.1. The highest BCUT2D eigenvalue weighted by Gasteiger charge is 2.26. The topological polar surface area (TPSA) is 86.2 Å². The summed E-state index contributed by atoms with van der Waals surface area (Å²) in [6.45, 7) is 0. The molecule has 2 N–H and O–H groups in total. The number of rotatable bonds is 5. The molecule has 6 heteroatoms. The van der Waals surface area contributed by atoms with Crippen molar-refractivity contribution in [2.24, 2.45) is 11.7 Å². The number of hydrogen-bond acceptors (Lipinski definition) is 5. The van der Waals surface area contributed by atoms with Gasteiger partial charge in [-0.15, -0.1) is 0 Å². The lowest BCUT2D eigenvalue weighted by atomic mass is 9.94. The summed E-state index contributed by atoms with van der Waals surface area (Å²) in [6, 6.07) is 15.7. The van der Waals surface area contributed by atoms with Gasteiger partial charge in [-0.1, -0.05) is 36.8 Å². The number of hydrogen-bond donors (Lipinski definition) is 1. The third-order valence-corrected chi connectivity index (χ3v) is 5.96. The molecule has 0 spiro atoms. The number of pyridine rings is 1. The molecule has 30 heavy (non-hydrogen) atoms. The van der Waals surface area contributed by atoms with Crippen LogP contribution < -0.4 is 5.73 Å². The summed E-state index contributed by atoms with van der Waals surface area (Å²) in [5.74, 6) is 0.400. The Morgan fingerprint density at radius 1 is 1.10 bits per heavy atom. The van der Waals surface area contributed by atoms with E-state index in [0.29, 0.717) is 23.3 Å². The van der Waals surface area contributed by atoms with Crippen molar-refractivity contribution in [1.82, 2.24) is 19.6 Å². The van der Waals surface area contributed by atoms with Gasteiger partial charge in [0.15, 0.2) is 11.4 Å². The van der Waals surface area contributed by atoms with Gasteiger partial charge in [0.05, 0.1) is 23.1 Å². The zero-order valence-electron chi connectivity index (χ0n) is 16.6. The molecule has 5 rings (SSSR count).